The second kappa shape index (κ2) is 5.87. The van der Waals surface area contributed by atoms with E-state index in [-0.39, 0.29) is 36.1 Å². The molecule has 2 aromatic rings. The van der Waals surface area contributed by atoms with Crippen LogP contribution in [0.4, 0.5) is 17.6 Å². The van der Waals surface area contributed by atoms with Gasteiger partial charge in [0.25, 0.3) is 0 Å². The van der Waals surface area contributed by atoms with Gasteiger partial charge in [-0.2, -0.15) is 17.6 Å². The van der Waals surface area contributed by atoms with Crippen LogP contribution in [0.2, 0.25) is 0 Å². The maximum Gasteiger partial charge on any atom is 0.418 e. The normalized spacial score (nSPS) is 24.2. The third kappa shape index (κ3) is 3.11. The lowest BCUT2D eigenvalue weighted by molar-refractivity contribution is -0.136. The van der Waals surface area contributed by atoms with Crippen molar-refractivity contribution in [3.05, 3.63) is 23.6 Å². The molecule has 132 valence electrons. The van der Waals surface area contributed by atoms with Crippen molar-refractivity contribution in [3.63, 3.8) is 0 Å². The van der Waals surface area contributed by atoms with Crippen molar-refractivity contribution < 1.29 is 27.4 Å². The van der Waals surface area contributed by atoms with Crippen LogP contribution in [-0.2, 0) is 6.18 Å². The Balaban J connectivity index is 2.15. The Morgan fingerprint density at radius 1 is 1.42 bits per heavy atom. The van der Waals surface area contributed by atoms with E-state index in [2.05, 4.69) is 21.0 Å². The highest BCUT2D eigenvalue weighted by atomic mass is 79.9. The van der Waals surface area contributed by atoms with Crippen LogP contribution in [0.25, 0.3) is 10.9 Å². The lowest BCUT2D eigenvalue weighted by Gasteiger charge is -2.41. The molecular formula is C15H15BrF4N2O2. The molecule has 0 unspecified atom stereocenters. The summed E-state index contributed by atoms with van der Waals surface area (Å²) in [6.45, 7) is 1.74. The molecule has 1 fully saturated rings. The maximum absolute atomic E-state index is 14.2. The second-order valence-electron chi connectivity index (χ2n) is 6.20. The molecule has 0 saturated heterocycles. The summed E-state index contributed by atoms with van der Waals surface area (Å²) in [6.07, 6.45) is -4.23. The summed E-state index contributed by atoms with van der Waals surface area (Å²) in [5, 5.41) is 13.7. The molecule has 1 aliphatic carbocycles. The van der Waals surface area contributed by atoms with E-state index in [1.165, 1.54) is 6.07 Å². The van der Waals surface area contributed by atoms with Crippen molar-refractivity contribution in [2.75, 3.05) is 11.9 Å². The fraction of sp³-hybridized carbons (Fsp3) is 0.533. The number of alkyl halides is 4. The first-order valence-electron chi connectivity index (χ1n) is 7.32. The van der Waals surface area contributed by atoms with E-state index in [1.54, 1.807) is 6.92 Å². The largest absolute Gasteiger partial charge is 0.493 e. The zero-order valence-corrected chi connectivity index (χ0v) is 14.3. The van der Waals surface area contributed by atoms with Gasteiger partial charge in [0, 0.05) is 5.33 Å². The predicted octanol–water partition coefficient (Wildman–Crippen LogP) is 4.05. The van der Waals surface area contributed by atoms with Crippen LogP contribution < -0.4 is 4.74 Å². The van der Waals surface area contributed by atoms with Crippen LogP contribution >= 0.6 is 15.9 Å². The van der Waals surface area contributed by atoms with Gasteiger partial charge in [-0.1, -0.05) is 15.9 Å². The van der Waals surface area contributed by atoms with E-state index in [1.807, 2.05) is 0 Å². The molecule has 0 bridgehead atoms. The van der Waals surface area contributed by atoms with Crippen LogP contribution in [0.3, 0.4) is 0 Å². The molecule has 1 heterocycles. The smallest absolute Gasteiger partial charge is 0.418 e. The summed E-state index contributed by atoms with van der Waals surface area (Å²) in [5.41, 5.74) is -2.27. The van der Waals surface area contributed by atoms with E-state index in [0.717, 1.165) is 10.7 Å². The van der Waals surface area contributed by atoms with Crippen molar-refractivity contribution in [1.82, 2.24) is 9.78 Å². The van der Waals surface area contributed by atoms with Crippen molar-refractivity contribution in [2.24, 2.45) is 0 Å². The number of aliphatic hydroxyl groups is 1. The molecule has 0 atom stereocenters. The van der Waals surface area contributed by atoms with Crippen LogP contribution in [0.5, 0.6) is 5.75 Å². The molecule has 0 aliphatic heterocycles. The Kier molecular flexibility index (Phi) is 4.28. The summed E-state index contributed by atoms with van der Waals surface area (Å²) >= 11 is 3.12. The lowest BCUT2D eigenvalue weighted by Crippen LogP contribution is -2.42. The van der Waals surface area contributed by atoms with Crippen LogP contribution in [0, 0.1) is 5.95 Å². The highest BCUT2D eigenvalue weighted by molar-refractivity contribution is 9.09. The highest BCUT2D eigenvalue weighted by Crippen LogP contribution is 2.45. The molecular weight excluding hydrogens is 396 g/mol. The van der Waals surface area contributed by atoms with Gasteiger partial charge in [0.15, 0.2) is 0 Å². The zero-order valence-electron chi connectivity index (χ0n) is 12.7. The number of nitrogens with zero attached hydrogens (tertiary/aromatic N) is 2. The van der Waals surface area contributed by atoms with Crippen molar-refractivity contribution in [3.8, 4) is 5.75 Å². The number of rotatable bonds is 4. The fourth-order valence-electron chi connectivity index (χ4n) is 3.06. The van der Waals surface area contributed by atoms with Gasteiger partial charge < -0.3 is 9.84 Å². The molecule has 0 radical (unpaired) electrons. The van der Waals surface area contributed by atoms with Crippen molar-refractivity contribution in [2.45, 2.75) is 37.6 Å². The maximum atomic E-state index is 14.2. The van der Waals surface area contributed by atoms with Crippen LogP contribution in [0.1, 0.15) is 31.4 Å². The molecule has 0 amide bonds. The minimum atomic E-state index is -4.68. The van der Waals surface area contributed by atoms with E-state index in [0.29, 0.717) is 5.33 Å². The molecule has 1 saturated carbocycles. The third-order valence-electron chi connectivity index (χ3n) is 4.08. The van der Waals surface area contributed by atoms with Gasteiger partial charge in [0.2, 0.25) is 5.95 Å². The lowest BCUT2D eigenvalue weighted by atomic mass is 9.77. The Morgan fingerprint density at radius 2 is 2.08 bits per heavy atom. The first kappa shape index (κ1) is 17.5. The van der Waals surface area contributed by atoms with Gasteiger partial charge in [-0.3, -0.25) is 4.68 Å². The Labute approximate surface area is 143 Å². The molecule has 3 rings (SSSR count). The van der Waals surface area contributed by atoms with E-state index >= 15 is 0 Å². The number of hydrogen-bond donors (Lipinski definition) is 1. The van der Waals surface area contributed by atoms with Gasteiger partial charge in [0.1, 0.15) is 5.75 Å². The molecule has 4 nitrogen and oxygen atoms in total. The summed E-state index contributed by atoms with van der Waals surface area (Å²) in [5.74, 6) is -1.04. The zero-order chi connectivity index (χ0) is 17.7. The standard InChI is InChI=1S/C15H15BrF4N2O2/c1-14(23)6-8(7-14)22-12-10(13(17)21-22)4-9(24-3-2-16)5-11(12)15(18,19)20/h4-5,8,23H,2-3,6-7H2,1H3. The first-order chi connectivity index (χ1) is 11.1. The highest BCUT2D eigenvalue weighted by Gasteiger charge is 2.43. The summed E-state index contributed by atoms with van der Waals surface area (Å²) in [7, 11) is 0. The van der Waals surface area contributed by atoms with Gasteiger partial charge in [0.05, 0.1) is 34.7 Å². The van der Waals surface area contributed by atoms with Gasteiger partial charge in [-0.05, 0) is 31.9 Å². The van der Waals surface area contributed by atoms with Gasteiger partial charge in [-0.25, -0.2) is 0 Å². The SMILES string of the molecule is CC1(O)CC(n2nc(F)c3cc(OCCBr)cc(C(F)(F)F)c32)C1. The van der Waals surface area contributed by atoms with Crippen molar-refractivity contribution in [1.29, 1.82) is 0 Å². The average Bonchev–Trinajstić information content (AvgIpc) is 2.78. The molecule has 1 aromatic carbocycles. The number of aromatic nitrogens is 2. The Morgan fingerprint density at radius 3 is 2.62 bits per heavy atom. The number of ether oxygens (including phenoxy) is 1. The van der Waals surface area contributed by atoms with Crippen LogP contribution in [0.15, 0.2) is 12.1 Å². The van der Waals surface area contributed by atoms with E-state index in [4.69, 9.17) is 4.74 Å². The molecule has 9 heteroatoms. The average molecular weight is 411 g/mol. The molecule has 0 spiro atoms. The number of hydrogen-bond acceptors (Lipinski definition) is 3. The minimum absolute atomic E-state index is 0.0617. The van der Waals surface area contributed by atoms with E-state index in [9.17, 15) is 22.7 Å². The monoisotopic (exact) mass is 410 g/mol. The Bertz CT molecular complexity index is 765. The summed E-state index contributed by atoms with van der Waals surface area (Å²) in [4.78, 5) is 0. The number of fused-ring (bicyclic) bond motifs is 1. The molecule has 1 aliphatic rings. The first-order valence-corrected chi connectivity index (χ1v) is 8.44. The fourth-order valence-corrected chi connectivity index (χ4v) is 3.22. The molecule has 1 N–H and O–H groups in total. The topological polar surface area (TPSA) is 47.3 Å². The third-order valence-corrected chi connectivity index (χ3v) is 4.40. The number of benzene rings is 1. The van der Waals surface area contributed by atoms with Crippen LogP contribution in [-0.4, -0.2) is 32.4 Å². The van der Waals surface area contributed by atoms with Crippen molar-refractivity contribution >= 4 is 26.8 Å². The summed E-state index contributed by atoms with van der Waals surface area (Å²) in [6, 6.07) is 1.62. The second-order valence-corrected chi connectivity index (χ2v) is 6.99. The molecule has 1 aromatic heterocycles. The quantitative estimate of drug-likeness (QED) is 0.610. The van der Waals surface area contributed by atoms with Gasteiger partial charge in [-0.15, -0.1) is 5.10 Å². The van der Waals surface area contributed by atoms with E-state index < -0.39 is 29.3 Å². The van der Waals surface area contributed by atoms with Gasteiger partial charge >= 0.3 is 6.18 Å². The summed E-state index contributed by atoms with van der Waals surface area (Å²) < 4.78 is 60.8. The predicted molar refractivity (Wildman–Crippen MR) is 82.9 cm³/mol. The molecule has 24 heavy (non-hydrogen) atoms. The number of halogens is 5. The Hall–Kier alpha value is -1.35. The minimum Gasteiger partial charge on any atom is -0.493 e.